The summed E-state index contributed by atoms with van der Waals surface area (Å²) in [6.07, 6.45) is 6.84. The van der Waals surface area contributed by atoms with E-state index in [-0.39, 0.29) is 12.0 Å². The molecule has 1 aromatic heterocycles. The first-order valence-corrected chi connectivity index (χ1v) is 18.9. The molecule has 0 amide bonds. The molecule has 1 saturated carbocycles. The van der Waals surface area contributed by atoms with Crippen molar-refractivity contribution >= 4 is 28.9 Å². The number of rotatable bonds is 13. The summed E-state index contributed by atoms with van der Waals surface area (Å²) in [6.45, 7) is 11.8. The largest absolute Gasteiger partial charge is 0.466 e. The van der Waals surface area contributed by atoms with Crippen molar-refractivity contribution in [1.82, 2.24) is 4.57 Å². The number of nitrogens with zero attached hydrogens (tertiary/aromatic N) is 3. The molecule has 7 rings (SSSR count). The van der Waals surface area contributed by atoms with E-state index in [1.54, 1.807) is 0 Å². The summed E-state index contributed by atoms with van der Waals surface area (Å²) in [6, 6.07) is 36.0. The van der Waals surface area contributed by atoms with Crippen LogP contribution in [0.2, 0.25) is 0 Å². The smallest absolute Gasteiger partial charge is 0.305 e. The standard InChI is InChI=1S/C46H51N3O2/c1-6-51-40(50)11-9-7-8-10-30-48-43(37-26-27-37)41(35-20-12-31(2)13-21-35)45-46(48)47-42(36-22-14-32(3)15-23-36)44(38-24-16-33(4)17-25-38)49(45)39-28-18-34(5)19-29-39/h12-25,28-29,37,44H,6-11,26-27,30H2,1-5H3. The van der Waals surface area contributed by atoms with Crippen LogP contribution in [0.15, 0.2) is 102 Å². The Labute approximate surface area is 304 Å². The predicted octanol–water partition coefficient (Wildman–Crippen LogP) is 11.8. The van der Waals surface area contributed by atoms with Gasteiger partial charge in [-0.15, -0.1) is 0 Å². The van der Waals surface area contributed by atoms with Gasteiger partial charge in [0.05, 0.1) is 18.0 Å². The highest BCUT2D eigenvalue weighted by molar-refractivity contribution is 6.13. The van der Waals surface area contributed by atoms with Gasteiger partial charge in [-0.1, -0.05) is 120 Å². The maximum atomic E-state index is 12.0. The van der Waals surface area contributed by atoms with Gasteiger partial charge >= 0.3 is 5.97 Å². The van der Waals surface area contributed by atoms with E-state index >= 15 is 0 Å². The third-order valence-corrected chi connectivity index (χ3v) is 10.4. The van der Waals surface area contributed by atoms with Gasteiger partial charge in [0.2, 0.25) is 0 Å². The number of ether oxygens (including phenoxy) is 1. The number of unbranched alkanes of at least 4 members (excludes halogenated alkanes) is 3. The van der Waals surface area contributed by atoms with Crippen LogP contribution < -0.4 is 4.90 Å². The number of hydrogen-bond acceptors (Lipinski definition) is 4. The molecule has 5 heteroatoms. The highest BCUT2D eigenvalue weighted by Gasteiger charge is 2.42. The van der Waals surface area contributed by atoms with Crippen molar-refractivity contribution in [1.29, 1.82) is 0 Å². The van der Waals surface area contributed by atoms with Gasteiger partial charge in [-0.3, -0.25) is 4.79 Å². The lowest BCUT2D eigenvalue weighted by atomic mass is 9.90. The number of fused-ring (bicyclic) bond motifs is 1. The Bertz CT molecular complexity index is 2000. The molecule has 5 aromatic rings. The first-order valence-electron chi connectivity index (χ1n) is 18.9. The van der Waals surface area contributed by atoms with E-state index in [0.29, 0.717) is 18.9 Å². The van der Waals surface area contributed by atoms with Gasteiger partial charge in [-0.05, 0) is 89.1 Å². The Balaban J connectivity index is 1.44. The molecule has 0 radical (unpaired) electrons. The average Bonchev–Trinajstić information content (AvgIpc) is 3.92. The van der Waals surface area contributed by atoms with Gasteiger partial charge < -0.3 is 14.2 Å². The minimum atomic E-state index is -0.126. The minimum Gasteiger partial charge on any atom is -0.466 e. The maximum absolute atomic E-state index is 12.0. The van der Waals surface area contributed by atoms with E-state index in [9.17, 15) is 4.79 Å². The van der Waals surface area contributed by atoms with Crippen molar-refractivity contribution in [2.75, 3.05) is 11.5 Å². The zero-order valence-electron chi connectivity index (χ0n) is 30.9. The molecular weight excluding hydrogens is 627 g/mol. The van der Waals surface area contributed by atoms with E-state index in [1.807, 2.05) is 6.92 Å². The molecule has 0 bridgehead atoms. The first-order chi connectivity index (χ1) is 24.8. The van der Waals surface area contributed by atoms with Crippen LogP contribution in [0.3, 0.4) is 0 Å². The molecule has 0 spiro atoms. The van der Waals surface area contributed by atoms with Crippen LogP contribution in [-0.4, -0.2) is 22.9 Å². The number of carbonyl (C=O) groups is 1. The molecule has 5 nitrogen and oxygen atoms in total. The molecular formula is C46H51N3O2. The van der Waals surface area contributed by atoms with E-state index in [0.717, 1.165) is 49.3 Å². The van der Waals surface area contributed by atoms with Gasteiger partial charge in [0, 0.05) is 35.8 Å². The zero-order valence-corrected chi connectivity index (χ0v) is 30.9. The molecule has 1 fully saturated rings. The Morgan fingerprint density at radius 1 is 0.706 bits per heavy atom. The molecule has 1 aliphatic heterocycles. The van der Waals surface area contributed by atoms with E-state index in [1.165, 1.54) is 68.9 Å². The summed E-state index contributed by atoms with van der Waals surface area (Å²) >= 11 is 0. The van der Waals surface area contributed by atoms with Gasteiger partial charge in [0.1, 0.15) is 6.04 Å². The van der Waals surface area contributed by atoms with Crippen molar-refractivity contribution in [2.45, 2.75) is 98.1 Å². The third-order valence-electron chi connectivity index (χ3n) is 10.4. The number of esters is 1. The summed E-state index contributed by atoms with van der Waals surface area (Å²) in [5, 5.41) is 0. The maximum Gasteiger partial charge on any atom is 0.305 e. The number of anilines is 2. The average molecular weight is 678 g/mol. The monoisotopic (exact) mass is 677 g/mol. The quantitative estimate of drug-likeness (QED) is 0.0920. The van der Waals surface area contributed by atoms with Crippen LogP contribution in [0.25, 0.3) is 11.1 Å². The fourth-order valence-corrected chi connectivity index (χ4v) is 7.50. The Morgan fingerprint density at radius 3 is 1.84 bits per heavy atom. The van der Waals surface area contributed by atoms with E-state index < -0.39 is 0 Å². The number of aliphatic imine (C=N–C) groups is 1. The number of aryl methyl sites for hydroxylation is 4. The van der Waals surface area contributed by atoms with Crippen LogP contribution in [0.1, 0.15) is 103 Å². The number of aromatic nitrogens is 1. The number of hydrogen-bond donors (Lipinski definition) is 0. The molecule has 1 aliphatic carbocycles. The van der Waals surface area contributed by atoms with Crippen LogP contribution >= 0.6 is 0 Å². The lowest BCUT2D eigenvalue weighted by molar-refractivity contribution is -0.143. The topological polar surface area (TPSA) is 46.8 Å². The number of carbonyl (C=O) groups excluding carboxylic acids is 1. The number of benzene rings is 4. The Kier molecular flexibility index (Phi) is 10.3. The van der Waals surface area contributed by atoms with Crippen LogP contribution in [0.5, 0.6) is 0 Å². The zero-order chi connectivity index (χ0) is 35.5. The second-order valence-corrected chi connectivity index (χ2v) is 14.6. The Hall–Kier alpha value is -4.90. The fourth-order valence-electron chi connectivity index (χ4n) is 7.50. The molecule has 0 saturated heterocycles. The molecule has 4 aromatic carbocycles. The minimum absolute atomic E-state index is 0.0898. The predicted molar refractivity (Wildman–Crippen MR) is 211 cm³/mol. The van der Waals surface area contributed by atoms with Gasteiger partial charge in [0.25, 0.3) is 0 Å². The molecule has 2 aliphatic rings. The molecule has 51 heavy (non-hydrogen) atoms. The lowest BCUT2D eigenvalue weighted by Crippen LogP contribution is -2.34. The molecule has 262 valence electrons. The van der Waals surface area contributed by atoms with Crippen molar-refractivity contribution in [3.63, 3.8) is 0 Å². The van der Waals surface area contributed by atoms with Gasteiger partial charge in [0.15, 0.2) is 5.82 Å². The molecule has 1 atom stereocenters. The summed E-state index contributed by atoms with van der Waals surface area (Å²) in [5.74, 6) is 1.47. The highest BCUT2D eigenvalue weighted by atomic mass is 16.5. The first kappa shape index (κ1) is 34.5. The molecule has 0 N–H and O–H groups in total. The summed E-state index contributed by atoms with van der Waals surface area (Å²) in [4.78, 5) is 20.4. The second-order valence-electron chi connectivity index (χ2n) is 14.6. The highest BCUT2D eigenvalue weighted by Crippen LogP contribution is 2.58. The summed E-state index contributed by atoms with van der Waals surface area (Å²) in [5.41, 5.74) is 14.8. The molecule has 2 heterocycles. The normalized spacial score (nSPS) is 15.4. The van der Waals surface area contributed by atoms with Crippen molar-refractivity contribution in [2.24, 2.45) is 4.99 Å². The Morgan fingerprint density at radius 2 is 1.25 bits per heavy atom. The van der Waals surface area contributed by atoms with E-state index in [4.69, 9.17) is 9.73 Å². The fraction of sp³-hybridized carbons (Fsp3) is 0.348. The van der Waals surface area contributed by atoms with Gasteiger partial charge in [-0.2, -0.15) is 0 Å². The SMILES string of the molecule is CCOC(=O)CCCCCCn1c2c(c(-c3ccc(C)cc3)c1C1CC1)N(c1ccc(C)cc1)C(c1ccc(C)cc1)C(c1ccc(C)cc1)=N2. The van der Waals surface area contributed by atoms with Crippen molar-refractivity contribution < 1.29 is 9.53 Å². The van der Waals surface area contributed by atoms with Gasteiger partial charge in [-0.25, -0.2) is 4.99 Å². The summed E-state index contributed by atoms with van der Waals surface area (Å²) in [7, 11) is 0. The van der Waals surface area contributed by atoms with E-state index in [2.05, 4.69) is 134 Å². The summed E-state index contributed by atoms with van der Waals surface area (Å²) < 4.78 is 7.75. The lowest BCUT2D eigenvalue weighted by Gasteiger charge is -2.39. The van der Waals surface area contributed by atoms with Crippen LogP contribution in [-0.2, 0) is 16.1 Å². The van der Waals surface area contributed by atoms with Crippen LogP contribution in [0, 0.1) is 27.7 Å². The molecule has 1 unspecified atom stereocenters. The van der Waals surface area contributed by atoms with Crippen molar-refractivity contribution in [3.05, 3.63) is 136 Å². The van der Waals surface area contributed by atoms with Crippen molar-refractivity contribution in [3.8, 4) is 11.1 Å². The van der Waals surface area contributed by atoms with Crippen LogP contribution in [0.4, 0.5) is 17.2 Å². The third kappa shape index (κ3) is 7.44. The second kappa shape index (κ2) is 15.1.